The van der Waals surface area contributed by atoms with Crippen LogP contribution in [-0.4, -0.2) is 47.4 Å². The lowest BCUT2D eigenvalue weighted by Crippen LogP contribution is -2.57. The van der Waals surface area contributed by atoms with Crippen LogP contribution in [-0.2, 0) is 11.3 Å². The van der Waals surface area contributed by atoms with Gasteiger partial charge in [-0.2, -0.15) is 0 Å². The van der Waals surface area contributed by atoms with Gasteiger partial charge in [0.25, 0.3) is 0 Å². The number of nitrogens with two attached hydrogens (primary N) is 1. The van der Waals surface area contributed by atoms with Crippen LogP contribution in [0.25, 0.3) is 0 Å². The molecule has 1 amide bonds. The minimum absolute atomic E-state index is 0.0143. The molecule has 156 valence electrons. The van der Waals surface area contributed by atoms with E-state index in [9.17, 15) is 9.18 Å². The molecule has 2 N–H and O–H groups in total. The Hall–Kier alpha value is -1.95. The number of halogens is 2. The van der Waals surface area contributed by atoms with Crippen molar-refractivity contribution in [2.24, 2.45) is 5.73 Å². The van der Waals surface area contributed by atoms with Crippen LogP contribution in [0.2, 0.25) is 5.02 Å². The lowest BCUT2D eigenvalue weighted by molar-refractivity contribution is -0.137. The molecule has 3 rings (SSSR count). The number of benzene rings is 2. The Bertz CT molecular complexity index is 812. The van der Waals surface area contributed by atoms with Crippen LogP contribution in [0.4, 0.5) is 4.39 Å². The number of piperazine rings is 1. The average Bonchev–Trinajstić information content (AvgIpc) is 2.71. The molecular formula is C23H29ClFN3O. The minimum Gasteiger partial charge on any atom is -0.337 e. The highest BCUT2D eigenvalue weighted by atomic mass is 35.5. The van der Waals surface area contributed by atoms with Crippen LogP contribution < -0.4 is 5.73 Å². The summed E-state index contributed by atoms with van der Waals surface area (Å²) in [5.41, 5.74) is 8.08. The van der Waals surface area contributed by atoms with Gasteiger partial charge < -0.3 is 10.6 Å². The predicted octanol–water partition coefficient (Wildman–Crippen LogP) is 4.03. The Labute approximate surface area is 177 Å². The van der Waals surface area contributed by atoms with Gasteiger partial charge in [-0.1, -0.05) is 35.9 Å². The Morgan fingerprint density at radius 2 is 1.76 bits per heavy atom. The normalized spacial score (nSPS) is 21.2. The number of rotatable bonds is 6. The highest BCUT2D eigenvalue weighted by Gasteiger charge is 2.32. The van der Waals surface area contributed by atoms with Gasteiger partial charge in [0.2, 0.25) is 5.91 Å². The van der Waals surface area contributed by atoms with E-state index in [2.05, 4.69) is 18.7 Å². The maximum atomic E-state index is 13.1. The number of carbonyl (C=O) groups excluding carboxylic acids is 1. The SMILES string of the molecule is CC1CN(C(=O)CC(CN)c2ccc(Cl)cc2)C(C)CN1Cc1ccc(F)cc1. The molecule has 0 spiro atoms. The smallest absolute Gasteiger partial charge is 0.223 e. The largest absolute Gasteiger partial charge is 0.337 e. The summed E-state index contributed by atoms with van der Waals surface area (Å²) in [6.07, 6.45) is 0.396. The lowest BCUT2D eigenvalue weighted by Gasteiger charge is -2.44. The second-order valence-electron chi connectivity index (χ2n) is 7.99. The first-order valence-electron chi connectivity index (χ1n) is 10.1. The standard InChI is InChI=1S/C23H29ClFN3O/c1-16-14-28(17(2)13-27(16)15-18-3-9-22(25)10-4-18)23(29)11-20(12-26)19-5-7-21(24)8-6-19/h3-10,16-17,20H,11-15,26H2,1-2H3. The number of carbonyl (C=O) groups is 1. The van der Waals surface area contributed by atoms with E-state index >= 15 is 0 Å². The molecule has 0 aliphatic carbocycles. The Morgan fingerprint density at radius 1 is 1.10 bits per heavy atom. The van der Waals surface area contributed by atoms with Crippen LogP contribution in [0.5, 0.6) is 0 Å². The van der Waals surface area contributed by atoms with Crippen LogP contribution in [0, 0.1) is 5.82 Å². The van der Waals surface area contributed by atoms with Crippen molar-refractivity contribution in [2.75, 3.05) is 19.6 Å². The van der Waals surface area contributed by atoms with E-state index in [-0.39, 0.29) is 29.7 Å². The minimum atomic E-state index is -0.222. The molecule has 3 atom stereocenters. The summed E-state index contributed by atoms with van der Waals surface area (Å²) in [7, 11) is 0. The van der Waals surface area contributed by atoms with Gasteiger partial charge in [0.05, 0.1) is 0 Å². The van der Waals surface area contributed by atoms with Gasteiger partial charge in [0.15, 0.2) is 0 Å². The van der Waals surface area contributed by atoms with Crippen LogP contribution in [0.15, 0.2) is 48.5 Å². The van der Waals surface area contributed by atoms with Gasteiger partial charge in [-0.25, -0.2) is 4.39 Å². The summed E-state index contributed by atoms with van der Waals surface area (Å²) in [6.45, 7) is 6.86. The molecule has 1 heterocycles. The van der Waals surface area contributed by atoms with Crippen molar-refractivity contribution in [3.05, 3.63) is 70.5 Å². The molecule has 0 saturated carbocycles. The summed E-state index contributed by atoms with van der Waals surface area (Å²) in [5.74, 6) is -0.101. The fraction of sp³-hybridized carbons (Fsp3) is 0.435. The van der Waals surface area contributed by atoms with Crippen LogP contribution >= 0.6 is 11.6 Å². The van der Waals surface area contributed by atoms with E-state index in [1.54, 1.807) is 0 Å². The van der Waals surface area contributed by atoms with Crippen molar-refractivity contribution in [1.29, 1.82) is 0 Å². The molecule has 6 heteroatoms. The van der Waals surface area contributed by atoms with Crippen molar-refractivity contribution in [3.8, 4) is 0 Å². The first kappa shape index (κ1) is 21.8. The van der Waals surface area contributed by atoms with Gasteiger partial charge in [0, 0.05) is 49.1 Å². The zero-order valence-electron chi connectivity index (χ0n) is 17.0. The van der Waals surface area contributed by atoms with Crippen molar-refractivity contribution >= 4 is 17.5 Å². The first-order chi connectivity index (χ1) is 13.9. The van der Waals surface area contributed by atoms with E-state index in [0.29, 0.717) is 24.5 Å². The molecule has 1 saturated heterocycles. The summed E-state index contributed by atoms with van der Waals surface area (Å²) < 4.78 is 13.1. The van der Waals surface area contributed by atoms with E-state index in [4.69, 9.17) is 17.3 Å². The maximum absolute atomic E-state index is 13.1. The third kappa shape index (κ3) is 5.56. The third-order valence-corrected chi connectivity index (χ3v) is 6.03. The van der Waals surface area contributed by atoms with Gasteiger partial charge >= 0.3 is 0 Å². The second kappa shape index (κ2) is 9.70. The van der Waals surface area contributed by atoms with E-state index in [1.165, 1.54) is 12.1 Å². The van der Waals surface area contributed by atoms with Crippen LogP contribution in [0.1, 0.15) is 37.3 Å². The topological polar surface area (TPSA) is 49.6 Å². The highest BCUT2D eigenvalue weighted by molar-refractivity contribution is 6.30. The molecule has 1 aliphatic rings. The Balaban J connectivity index is 1.61. The molecule has 4 nitrogen and oxygen atoms in total. The number of hydrogen-bond donors (Lipinski definition) is 1. The molecule has 1 aliphatic heterocycles. The summed E-state index contributed by atoms with van der Waals surface area (Å²) in [5, 5.41) is 0.676. The molecule has 3 unspecified atom stereocenters. The van der Waals surface area contributed by atoms with Crippen molar-refractivity contribution in [3.63, 3.8) is 0 Å². The second-order valence-corrected chi connectivity index (χ2v) is 8.42. The van der Waals surface area contributed by atoms with Gasteiger partial charge in [-0.15, -0.1) is 0 Å². The van der Waals surface area contributed by atoms with E-state index in [1.807, 2.05) is 41.3 Å². The van der Waals surface area contributed by atoms with Gasteiger partial charge in [-0.05, 0) is 55.8 Å². The molecule has 2 aromatic carbocycles. The van der Waals surface area contributed by atoms with E-state index in [0.717, 1.165) is 24.2 Å². The maximum Gasteiger partial charge on any atom is 0.223 e. The first-order valence-corrected chi connectivity index (χ1v) is 10.5. The van der Waals surface area contributed by atoms with Gasteiger partial charge in [-0.3, -0.25) is 9.69 Å². The summed E-state index contributed by atoms with van der Waals surface area (Å²) in [6, 6.07) is 14.5. The van der Waals surface area contributed by atoms with E-state index < -0.39 is 0 Å². The van der Waals surface area contributed by atoms with Crippen molar-refractivity contribution in [2.45, 2.75) is 44.8 Å². The van der Waals surface area contributed by atoms with Crippen molar-refractivity contribution in [1.82, 2.24) is 9.80 Å². The quantitative estimate of drug-likeness (QED) is 0.771. The molecular weight excluding hydrogens is 389 g/mol. The molecule has 0 aromatic heterocycles. The highest BCUT2D eigenvalue weighted by Crippen LogP contribution is 2.24. The Morgan fingerprint density at radius 3 is 2.38 bits per heavy atom. The molecule has 0 bridgehead atoms. The molecule has 29 heavy (non-hydrogen) atoms. The molecule has 2 aromatic rings. The average molecular weight is 418 g/mol. The summed E-state index contributed by atoms with van der Waals surface area (Å²) >= 11 is 5.97. The van der Waals surface area contributed by atoms with Gasteiger partial charge in [0.1, 0.15) is 5.82 Å². The third-order valence-electron chi connectivity index (χ3n) is 5.78. The van der Waals surface area contributed by atoms with Crippen molar-refractivity contribution < 1.29 is 9.18 Å². The summed E-state index contributed by atoms with van der Waals surface area (Å²) in [4.78, 5) is 17.4. The fourth-order valence-electron chi connectivity index (χ4n) is 3.99. The zero-order valence-corrected chi connectivity index (χ0v) is 17.8. The number of nitrogens with zero attached hydrogens (tertiary/aromatic N) is 2. The Kier molecular flexibility index (Phi) is 7.28. The number of amides is 1. The monoisotopic (exact) mass is 417 g/mol. The predicted molar refractivity (Wildman–Crippen MR) is 115 cm³/mol. The molecule has 0 radical (unpaired) electrons. The lowest BCUT2D eigenvalue weighted by atomic mass is 9.94. The fourth-order valence-corrected chi connectivity index (χ4v) is 4.12. The van der Waals surface area contributed by atoms with Crippen LogP contribution in [0.3, 0.4) is 0 Å². The number of hydrogen-bond acceptors (Lipinski definition) is 3. The zero-order chi connectivity index (χ0) is 21.0. The molecule has 1 fully saturated rings.